The first kappa shape index (κ1) is 22.7. The highest BCUT2D eigenvalue weighted by Crippen LogP contribution is 2.43. The zero-order chi connectivity index (χ0) is 21.6. The lowest BCUT2D eigenvalue weighted by molar-refractivity contribution is -0.153. The third kappa shape index (κ3) is 7.05. The molecule has 9 heteroatoms. The molecule has 0 bridgehead atoms. The SMILES string of the molecule is Cc1ccc(NC(=O)COc2ccc(C3SCCCS3)cc2)c(OCC(F)(F)F)c1. The molecule has 0 saturated carbocycles. The van der Waals surface area contributed by atoms with E-state index < -0.39 is 18.7 Å². The highest BCUT2D eigenvalue weighted by molar-refractivity contribution is 8.16. The predicted molar refractivity (Wildman–Crippen MR) is 116 cm³/mol. The molecule has 1 aliphatic rings. The van der Waals surface area contributed by atoms with Gasteiger partial charge in [0.1, 0.15) is 11.5 Å². The van der Waals surface area contributed by atoms with E-state index >= 15 is 0 Å². The average molecular weight is 458 g/mol. The third-order valence-corrected chi connectivity index (χ3v) is 7.17. The van der Waals surface area contributed by atoms with Gasteiger partial charge in [-0.3, -0.25) is 4.79 Å². The van der Waals surface area contributed by atoms with Crippen LogP contribution < -0.4 is 14.8 Å². The number of aryl methyl sites for hydroxylation is 1. The van der Waals surface area contributed by atoms with E-state index in [-0.39, 0.29) is 18.0 Å². The van der Waals surface area contributed by atoms with Crippen LogP contribution in [0.1, 0.15) is 22.1 Å². The van der Waals surface area contributed by atoms with Crippen LogP contribution in [-0.4, -0.2) is 36.8 Å². The molecular formula is C21H22F3NO3S2. The molecule has 0 atom stereocenters. The summed E-state index contributed by atoms with van der Waals surface area (Å²) in [5.74, 6) is 2.34. The fraction of sp³-hybridized carbons (Fsp3) is 0.381. The number of hydrogen-bond acceptors (Lipinski definition) is 5. The van der Waals surface area contributed by atoms with E-state index in [0.29, 0.717) is 10.3 Å². The number of ether oxygens (including phenoxy) is 2. The van der Waals surface area contributed by atoms with Gasteiger partial charge < -0.3 is 14.8 Å². The van der Waals surface area contributed by atoms with Crippen molar-refractivity contribution in [2.75, 3.05) is 30.0 Å². The largest absolute Gasteiger partial charge is 0.484 e. The van der Waals surface area contributed by atoms with E-state index in [1.165, 1.54) is 24.1 Å². The van der Waals surface area contributed by atoms with E-state index in [2.05, 4.69) is 5.32 Å². The van der Waals surface area contributed by atoms with E-state index in [4.69, 9.17) is 9.47 Å². The molecule has 3 rings (SSSR count). The maximum atomic E-state index is 12.5. The third-order valence-electron chi connectivity index (χ3n) is 4.15. The number of amides is 1. The Bertz CT molecular complexity index is 854. The molecule has 30 heavy (non-hydrogen) atoms. The molecule has 1 aliphatic heterocycles. The fourth-order valence-electron chi connectivity index (χ4n) is 2.75. The summed E-state index contributed by atoms with van der Waals surface area (Å²) in [6.07, 6.45) is -3.24. The topological polar surface area (TPSA) is 47.6 Å². The van der Waals surface area contributed by atoms with Crippen LogP contribution in [0.5, 0.6) is 11.5 Å². The molecule has 1 N–H and O–H groups in total. The lowest BCUT2D eigenvalue weighted by Gasteiger charge is -2.21. The zero-order valence-corrected chi connectivity index (χ0v) is 18.0. The Labute approximate surface area is 181 Å². The van der Waals surface area contributed by atoms with Gasteiger partial charge in [0, 0.05) is 0 Å². The molecule has 162 valence electrons. The van der Waals surface area contributed by atoms with Gasteiger partial charge in [0.15, 0.2) is 13.2 Å². The summed E-state index contributed by atoms with van der Waals surface area (Å²) in [4.78, 5) is 12.2. The molecule has 4 nitrogen and oxygen atoms in total. The van der Waals surface area contributed by atoms with Crippen LogP contribution in [0, 0.1) is 6.92 Å². The van der Waals surface area contributed by atoms with E-state index in [0.717, 1.165) is 17.1 Å². The van der Waals surface area contributed by atoms with Crippen LogP contribution in [0.3, 0.4) is 0 Å². The molecule has 1 heterocycles. The molecule has 0 aromatic heterocycles. The number of hydrogen-bond donors (Lipinski definition) is 1. The number of thioether (sulfide) groups is 2. The quantitative estimate of drug-likeness (QED) is 0.568. The number of nitrogens with one attached hydrogen (secondary N) is 1. The van der Waals surface area contributed by atoms with Crippen molar-refractivity contribution >= 4 is 35.1 Å². The van der Waals surface area contributed by atoms with Gasteiger partial charge in [-0.15, -0.1) is 23.5 Å². The normalized spacial score (nSPS) is 14.9. The maximum absolute atomic E-state index is 12.5. The molecule has 2 aromatic carbocycles. The van der Waals surface area contributed by atoms with Gasteiger partial charge in [-0.2, -0.15) is 13.2 Å². The summed E-state index contributed by atoms with van der Waals surface area (Å²) in [6, 6.07) is 12.3. The Morgan fingerprint density at radius 1 is 1.10 bits per heavy atom. The molecule has 1 fully saturated rings. The number of benzene rings is 2. The molecule has 0 unspecified atom stereocenters. The Kier molecular flexibility index (Phi) is 7.82. The second-order valence-corrected chi connectivity index (χ2v) is 9.46. The Morgan fingerprint density at radius 2 is 1.80 bits per heavy atom. The summed E-state index contributed by atoms with van der Waals surface area (Å²) in [5, 5.41) is 2.54. The standard InChI is InChI=1S/C21H22F3NO3S2/c1-14-3-8-17(18(11-14)28-13-21(22,23)24)25-19(26)12-27-16-6-4-15(5-7-16)20-29-9-2-10-30-20/h3-8,11,20H,2,9-10,12-13H2,1H3,(H,25,26). The van der Waals surface area contributed by atoms with Crippen molar-refractivity contribution in [3.05, 3.63) is 53.6 Å². The van der Waals surface area contributed by atoms with Crippen molar-refractivity contribution in [2.45, 2.75) is 24.1 Å². The number of halogens is 3. The summed E-state index contributed by atoms with van der Waals surface area (Å²) in [7, 11) is 0. The maximum Gasteiger partial charge on any atom is 0.422 e. The minimum atomic E-state index is -4.46. The van der Waals surface area contributed by atoms with E-state index in [1.54, 1.807) is 13.0 Å². The molecule has 2 aromatic rings. The van der Waals surface area contributed by atoms with Crippen molar-refractivity contribution in [2.24, 2.45) is 0 Å². The zero-order valence-electron chi connectivity index (χ0n) is 16.3. The Hall–Kier alpha value is -2.00. The summed E-state index contributed by atoms with van der Waals surface area (Å²) >= 11 is 3.85. The first-order chi connectivity index (χ1) is 14.3. The van der Waals surface area contributed by atoms with Crippen LogP contribution in [-0.2, 0) is 4.79 Å². The number of rotatable bonds is 7. The van der Waals surface area contributed by atoms with Gasteiger partial charge in [0.25, 0.3) is 5.91 Å². The van der Waals surface area contributed by atoms with E-state index in [9.17, 15) is 18.0 Å². The Balaban J connectivity index is 1.54. The first-order valence-corrected chi connectivity index (χ1v) is 11.5. The van der Waals surface area contributed by atoms with Gasteiger partial charge >= 0.3 is 6.18 Å². The van der Waals surface area contributed by atoms with Crippen LogP contribution in [0.25, 0.3) is 0 Å². The fourth-order valence-corrected chi connectivity index (χ4v) is 5.64. The van der Waals surface area contributed by atoms with Crippen LogP contribution in [0.2, 0.25) is 0 Å². The highest BCUT2D eigenvalue weighted by Gasteiger charge is 2.29. The second-order valence-electron chi connectivity index (χ2n) is 6.74. The number of anilines is 1. The minimum absolute atomic E-state index is 0.0347. The van der Waals surface area contributed by atoms with Crippen molar-refractivity contribution < 1.29 is 27.4 Å². The van der Waals surface area contributed by atoms with Crippen molar-refractivity contribution in [1.82, 2.24) is 0 Å². The summed E-state index contributed by atoms with van der Waals surface area (Å²) in [6.45, 7) is 0.0295. The molecule has 1 saturated heterocycles. The number of alkyl halides is 3. The van der Waals surface area contributed by atoms with Gasteiger partial charge in [0.2, 0.25) is 0 Å². The molecule has 1 amide bonds. The van der Waals surface area contributed by atoms with Gasteiger partial charge in [-0.1, -0.05) is 18.2 Å². The lowest BCUT2D eigenvalue weighted by atomic mass is 10.2. The Morgan fingerprint density at radius 3 is 2.47 bits per heavy atom. The average Bonchev–Trinajstić information content (AvgIpc) is 2.73. The monoisotopic (exact) mass is 457 g/mol. The molecule has 0 radical (unpaired) electrons. The van der Waals surface area contributed by atoms with E-state index in [1.807, 2.05) is 47.8 Å². The first-order valence-electron chi connectivity index (χ1n) is 9.36. The second kappa shape index (κ2) is 10.3. The number of carbonyl (C=O) groups is 1. The highest BCUT2D eigenvalue weighted by atomic mass is 32.2. The summed E-state index contributed by atoms with van der Waals surface area (Å²) in [5.41, 5.74) is 2.10. The van der Waals surface area contributed by atoms with Gasteiger partial charge in [-0.05, 0) is 60.2 Å². The van der Waals surface area contributed by atoms with Gasteiger partial charge in [-0.25, -0.2) is 0 Å². The summed E-state index contributed by atoms with van der Waals surface area (Å²) < 4.78 is 48.1. The van der Waals surface area contributed by atoms with Crippen LogP contribution in [0.15, 0.2) is 42.5 Å². The predicted octanol–water partition coefficient (Wildman–Crippen LogP) is 5.82. The van der Waals surface area contributed by atoms with Crippen LogP contribution in [0.4, 0.5) is 18.9 Å². The van der Waals surface area contributed by atoms with Crippen molar-refractivity contribution in [3.63, 3.8) is 0 Å². The van der Waals surface area contributed by atoms with Crippen molar-refractivity contribution in [1.29, 1.82) is 0 Å². The number of carbonyl (C=O) groups excluding carboxylic acids is 1. The van der Waals surface area contributed by atoms with Crippen LogP contribution >= 0.6 is 23.5 Å². The minimum Gasteiger partial charge on any atom is -0.484 e. The molecule has 0 spiro atoms. The molecule has 0 aliphatic carbocycles. The van der Waals surface area contributed by atoms with Crippen molar-refractivity contribution in [3.8, 4) is 11.5 Å². The van der Waals surface area contributed by atoms with Gasteiger partial charge in [0.05, 0.1) is 10.3 Å². The smallest absolute Gasteiger partial charge is 0.422 e. The lowest BCUT2D eigenvalue weighted by Crippen LogP contribution is -2.22. The molecular weight excluding hydrogens is 435 g/mol.